The van der Waals surface area contributed by atoms with E-state index in [1.807, 2.05) is 24.3 Å². The van der Waals surface area contributed by atoms with Crippen LogP contribution in [0.1, 0.15) is 34.8 Å². The van der Waals surface area contributed by atoms with Crippen molar-refractivity contribution >= 4 is 34.8 Å². The van der Waals surface area contributed by atoms with Gasteiger partial charge in [0.05, 0.1) is 10.6 Å². The van der Waals surface area contributed by atoms with Gasteiger partial charge in [0.2, 0.25) is 5.91 Å². The molecule has 29 heavy (non-hydrogen) atoms. The van der Waals surface area contributed by atoms with Crippen LogP contribution in [0, 0.1) is 0 Å². The van der Waals surface area contributed by atoms with Crippen LogP contribution in [0.25, 0.3) is 11.4 Å². The lowest BCUT2D eigenvalue weighted by Crippen LogP contribution is -2.22. The molecule has 0 spiro atoms. The summed E-state index contributed by atoms with van der Waals surface area (Å²) in [4.78, 5) is 29.4. The van der Waals surface area contributed by atoms with Gasteiger partial charge in [0.15, 0.2) is 16.8 Å². The van der Waals surface area contributed by atoms with Crippen LogP contribution in [-0.2, 0) is 17.8 Å². The van der Waals surface area contributed by atoms with Gasteiger partial charge in [0.1, 0.15) is 0 Å². The third-order valence-corrected chi connectivity index (χ3v) is 6.27. The first-order valence-corrected chi connectivity index (χ1v) is 11.2. The van der Waals surface area contributed by atoms with Gasteiger partial charge in [0.25, 0.3) is 0 Å². The van der Waals surface area contributed by atoms with Crippen molar-refractivity contribution in [2.24, 2.45) is 0 Å². The average Bonchev–Trinajstić information content (AvgIpc) is 3.34. The third-order valence-electron chi connectivity index (χ3n) is 4.12. The second-order valence-corrected chi connectivity index (χ2v) is 8.52. The number of thioether (sulfide) groups is 1. The molecule has 0 aliphatic heterocycles. The highest BCUT2D eigenvalue weighted by Gasteiger charge is 2.16. The molecule has 0 saturated heterocycles. The number of pyridine rings is 1. The van der Waals surface area contributed by atoms with Crippen LogP contribution in [0.2, 0.25) is 0 Å². The van der Waals surface area contributed by atoms with Crippen LogP contribution < -0.4 is 5.32 Å². The van der Waals surface area contributed by atoms with Crippen molar-refractivity contribution < 1.29 is 9.59 Å². The van der Waals surface area contributed by atoms with Gasteiger partial charge in [-0.2, -0.15) is 0 Å². The van der Waals surface area contributed by atoms with Crippen LogP contribution in [0.4, 0.5) is 0 Å². The van der Waals surface area contributed by atoms with E-state index in [9.17, 15) is 9.59 Å². The Bertz CT molecular complexity index is 968. The van der Waals surface area contributed by atoms with E-state index < -0.39 is 0 Å². The van der Waals surface area contributed by atoms with Gasteiger partial charge in [0, 0.05) is 42.8 Å². The Kier molecular flexibility index (Phi) is 7.54. The number of aromatic nitrogens is 4. The average molecular weight is 430 g/mol. The molecule has 0 bridgehead atoms. The van der Waals surface area contributed by atoms with Gasteiger partial charge in [-0.05, 0) is 37.1 Å². The summed E-state index contributed by atoms with van der Waals surface area (Å²) in [6.45, 7) is 4.96. The van der Waals surface area contributed by atoms with E-state index in [4.69, 9.17) is 0 Å². The molecule has 0 aromatic carbocycles. The summed E-state index contributed by atoms with van der Waals surface area (Å²) < 4.78 is 2.06. The van der Waals surface area contributed by atoms with Crippen molar-refractivity contribution in [3.63, 3.8) is 0 Å². The van der Waals surface area contributed by atoms with Gasteiger partial charge in [-0.1, -0.05) is 18.7 Å². The van der Waals surface area contributed by atoms with Gasteiger partial charge < -0.3 is 9.88 Å². The molecular formula is C20H23N5O2S2. The SMILES string of the molecule is CCCn1c(SCC(=O)c2ccc(CCNC(C)=O)s2)nnc1-c1ccncc1. The lowest BCUT2D eigenvalue weighted by molar-refractivity contribution is -0.118. The third kappa shape index (κ3) is 5.74. The number of nitrogens with one attached hydrogen (secondary N) is 1. The van der Waals surface area contributed by atoms with Crippen molar-refractivity contribution in [1.29, 1.82) is 0 Å². The number of Topliss-reactive ketones (excluding diaryl/α,β-unsaturated/α-hetero) is 1. The van der Waals surface area contributed by atoms with Crippen LogP contribution in [0.15, 0.2) is 41.8 Å². The van der Waals surface area contributed by atoms with Gasteiger partial charge in [-0.3, -0.25) is 14.6 Å². The molecular weight excluding hydrogens is 406 g/mol. The Labute approximate surface area is 178 Å². The molecule has 7 nitrogen and oxygen atoms in total. The molecule has 3 aromatic heterocycles. The molecule has 9 heteroatoms. The second-order valence-electron chi connectivity index (χ2n) is 6.40. The number of carbonyl (C=O) groups is 2. The molecule has 3 aromatic rings. The van der Waals surface area contributed by atoms with Crippen molar-refractivity contribution in [1.82, 2.24) is 25.1 Å². The minimum Gasteiger partial charge on any atom is -0.356 e. The van der Waals surface area contributed by atoms with Crippen molar-refractivity contribution in [2.45, 2.75) is 38.4 Å². The maximum absolute atomic E-state index is 12.6. The Morgan fingerprint density at radius 1 is 1.17 bits per heavy atom. The number of amides is 1. The molecule has 1 amide bonds. The minimum absolute atomic E-state index is 0.0448. The van der Waals surface area contributed by atoms with Gasteiger partial charge in [-0.15, -0.1) is 21.5 Å². The van der Waals surface area contributed by atoms with Gasteiger partial charge in [-0.25, -0.2) is 0 Å². The van der Waals surface area contributed by atoms with Crippen molar-refractivity contribution in [2.75, 3.05) is 12.3 Å². The highest BCUT2D eigenvalue weighted by molar-refractivity contribution is 7.99. The topological polar surface area (TPSA) is 89.8 Å². The molecule has 0 saturated carbocycles. The summed E-state index contributed by atoms with van der Waals surface area (Å²) in [5.74, 6) is 1.13. The molecule has 3 rings (SSSR count). The number of carbonyl (C=O) groups excluding carboxylic acids is 2. The Morgan fingerprint density at radius 2 is 1.97 bits per heavy atom. The normalized spacial score (nSPS) is 10.8. The summed E-state index contributed by atoms with van der Waals surface area (Å²) in [6.07, 6.45) is 5.14. The number of hydrogen-bond donors (Lipinski definition) is 1. The Morgan fingerprint density at radius 3 is 2.69 bits per heavy atom. The summed E-state index contributed by atoms with van der Waals surface area (Å²) >= 11 is 2.89. The molecule has 1 N–H and O–H groups in total. The minimum atomic E-state index is -0.0448. The zero-order valence-electron chi connectivity index (χ0n) is 16.4. The van der Waals surface area contributed by atoms with Crippen molar-refractivity contribution in [3.8, 4) is 11.4 Å². The fraction of sp³-hybridized carbons (Fsp3) is 0.350. The maximum atomic E-state index is 12.6. The van der Waals surface area contributed by atoms with Crippen LogP contribution in [0.3, 0.4) is 0 Å². The first kappa shape index (κ1) is 21.2. The number of ketones is 1. The van der Waals surface area contributed by atoms with Gasteiger partial charge >= 0.3 is 0 Å². The van der Waals surface area contributed by atoms with E-state index in [0.29, 0.717) is 12.3 Å². The molecule has 0 radical (unpaired) electrons. The monoisotopic (exact) mass is 429 g/mol. The van der Waals surface area contributed by atoms with E-state index in [-0.39, 0.29) is 11.7 Å². The number of rotatable bonds is 10. The number of nitrogens with zero attached hydrogens (tertiary/aromatic N) is 4. The predicted octanol–water partition coefficient (Wildman–Crippen LogP) is 3.47. The van der Waals surface area contributed by atoms with Crippen molar-refractivity contribution in [3.05, 3.63) is 46.4 Å². The van der Waals surface area contributed by atoms with E-state index in [1.54, 1.807) is 12.4 Å². The molecule has 0 fully saturated rings. The quantitative estimate of drug-likeness (QED) is 0.392. The summed E-state index contributed by atoms with van der Waals surface area (Å²) in [6, 6.07) is 7.62. The smallest absolute Gasteiger partial charge is 0.216 e. The predicted molar refractivity (Wildman–Crippen MR) is 115 cm³/mol. The number of hydrogen-bond acceptors (Lipinski definition) is 7. The van der Waals surface area contributed by atoms with E-state index in [1.165, 1.54) is 30.0 Å². The zero-order valence-corrected chi connectivity index (χ0v) is 18.1. The summed E-state index contributed by atoms with van der Waals surface area (Å²) in [5, 5.41) is 12.1. The largest absolute Gasteiger partial charge is 0.356 e. The summed E-state index contributed by atoms with van der Waals surface area (Å²) in [7, 11) is 0. The molecule has 0 aliphatic carbocycles. The van der Waals surface area contributed by atoms with Crippen LogP contribution >= 0.6 is 23.1 Å². The zero-order chi connectivity index (χ0) is 20.6. The highest BCUT2D eigenvalue weighted by Crippen LogP contribution is 2.26. The highest BCUT2D eigenvalue weighted by atomic mass is 32.2. The van der Waals surface area contributed by atoms with E-state index in [0.717, 1.165) is 45.7 Å². The molecule has 0 aliphatic rings. The Hall–Kier alpha value is -2.52. The number of thiophene rings is 1. The molecule has 3 heterocycles. The fourth-order valence-electron chi connectivity index (χ4n) is 2.76. The second kappa shape index (κ2) is 10.3. The molecule has 0 atom stereocenters. The summed E-state index contributed by atoms with van der Waals surface area (Å²) in [5.41, 5.74) is 0.959. The van der Waals surface area contributed by atoms with E-state index in [2.05, 4.69) is 32.0 Å². The lowest BCUT2D eigenvalue weighted by atomic mass is 10.2. The Balaban J connectivity index is 1.64. The lowest BCUT2D eigenvalue weighted by Gasteiger charge is -2.08. The fourth-order valence-corrected chi connectivity index (χ4v) is 4.64. The molecule has 152 valence electrons. The first-order chi connectivity index (χ1) is 14.1. The van der Waals surface area contributed by atoms with E-state index >= 15 is 0 Å². The first-order valence-electron chi connectivity index (χ1n) is 9.41. The standard InChI is InChI=1S/C20H23N5O2S2/c1-3-12-25-19(15-6-9-21-10-7-15)23-24-20(25)28-13-17(27)18-5-4-16(29-18)8-11-22-14(2)26/h4-7,9-10H,3,8,11-13H2,1-2H3,(H,22,26). The molecule has 0 unspecified atom stereocenters. The maximum Gasteiger partial charge on any atom is 0.216 e. The van der Waals surface area contributed by atoms with Crippen LogP contribution in [-0.4, -0.2) is 43.7 Å². The van der Waals surface area contributed by atoms with Crippen LogP contribution in [0.5, 0.6) is 0 Å².